The van der Waals surface area contributed by atoms with Crippen molar-refractivity contribution in [3.8, 4) is 23.0 Å². The number of pyridine rings is 1. The van der Waals surface area contributed by atoms with Crippen molar-refractivity contribution in [2.24, 2.45) is 5.92 Å². The molecule has 6 bridgehead atoms. The third kappa shape index (κ3) is 6.16. The lowest BCUT2D eigenvalue weighted by Crippen LogP contribution is -2.43. The van der Waals surface area contributed by atoms with E-state index in [0.717, 1.165) is 44.4 Å². The largest absolute Gasteiger partial charge is 0.508 e. The first-order valence-electron chi connectivity index (χ1n) is 16.3. The van der Waals surface area contributed by atoms with Crippen molar-refractivity contribution < 1.29 is 32.2 Å². The molecule has 8 rings (SSSR count). The topological polar surface area (TPSA) is 104 Å². The van der Waals surface area contributed by atoms with Crippen LogP contribution in [0.2, 0.25) is 5.02 Å². The van der Waals surface area contributed by atoms with Crippen molar-refractivity contribution in [3.05, 3.63) is 34.7 Å². The number of aromatic nitrogens is 3. The van der Waals surface area contributed by atoms with Crippen LogP contribution in [0.15, 0.2) is 18.3 Å². The zero-order valence-corrected chi connectivity index (χ0v) is 26.6. The highest BCUT2D eigenvalue weighted by molar-refractivity contribution is 6.32. The summed E-state index contributed by atoms with van der Waals surface area (Å²) in [6, 6.07) is 1.88. The van der Waals surface area contributed by atoms with Gasteiger partial charge < -0.3 is 20.1 Å². The van der Waals surface area contributed by atoms with Gasteiger partial charge in [-0.25, -0.2) is 17.6 Å². The highest BCUT2D eigenvalue weighted by Gasteiger charge is 2.49. The maximum absolute atomic E-state index is 16.7. The minimum Gasteiger partial charge on any atom is -0.508 e. The molecule has 9 nitrogen and oxygen atoms in total. The van der Waals surface area contributed by atoms with Crippen molar-refractivity contribution in [3.63, 3.8) is 0 Å². The second-order valence-corrected chi connectivity index (χ2v) is 13.8. The normalized spacial score (nSPS) is 26.6. The molecular weight excluding hydrogens is 640 g/mol. The van der Waals surface area contributed by atoms with Gasteiger partial charge in [0.05, 0.1) is 15.9 Å². The molecule has 3 fully saturated rings. The minimum absolute atomic E-state index is 0.102. The fourth-order valence-electron chi connectivity index (χ4n) is 7.91. The van der Waals surface area contributed by atoms with E-state index in [1.807, 2.05) is 4.90 Å². The number of carbonyl (C=O) groups is 1. The van der Waals surface area contributed by atoms with E-state index in [2.05, 4.69) is 20.2 Å². The summed E-state index contributed by atoms with van der Waals surface area (Å²) in [5.74, 6) is -4.74. The first kappa shape index (κ1) is 32.1. The number of amides is 1. The van der Waals surface area contributed by atoms with Crippen molar-refractivity contribution >= 4 is 34.2 Å². The number of rotatable bonds is 3. The van der Waals surface area contributed by atoms with E-state index in [-0.39, 0.29) is 53.8 Å². The van der Waals surface area contributed by atoms with Gasteiger partial charge in [0, 0.05) is 62.8 Å². The van der Waals surface area contributed by atoms with Gasteiger partial charge in [0.25, 0.3) is 5.92 Å². The lowest BCUT2D eigenvalue weighted by atomic mass is 9.93. The molecule has 1 amide bonds. The predicted molar refractivity (Wildman–Crippen MR) is 168 cm³/mol. The molecule has 3 unspecified atom stereocenters. The number of phenols is 1. The van der Waals surface area contributed by atoms with Gasteiger partial charge in [0.15, 0.2) is 5.82 Å². The average molecular weight is 677 g/mol. The second kappa shape index (κ2) is 12.5. The molecule has 7 heterocycles. The summed E-state index contributed by atoms with van der Waals surface area (Å²) < 4.78 is 69.0. The standard InChI is InChI=1S/C33H37ClF4N6O3/c34-24-13-21(45)12-22-26(24)33(37,38)8-1-5-25(46)39-9-6-19-4-2-10-43(16-19)30-23-15-40-28(22)27(36)29(23)41-31(42-30)47-18-32-7-3-11-44(32)17-20(35)14-32/h12-13,15,19-20,45H,1-11,14,16-18H2,(H,39,46). The molecule has 5 aliphatic heterocycles. The Hall–Kier alpha value is -3.45. The Morgan fingerprint density at radius 3 is 2.81 bits per heavy atom. The van der Waals surface area contributed by atoms with Crippen molar-refractivity contribution in [1.82, 2.24) is 25.2 Å². The van der Waals surface area contributed by atoms with Gasteiger partial charge in [0.1, 0.15) is 35.6 Å². The molecule has 2 N–H and O–H groups in total. The van der Waals surface area contributed by atoms with Crippen molar-refractivity contribution in [2.75, 3.05) is 44.2 Å². The number of anilines is 1. The Bertz CT molecular complexity index is 1700. The van der Waals surface area contributed by atoms with Crippen LogP contribution in [0.1, 0.15) is 63.4 Å². The summed E-state index contributed by atoms with van der Waals surface area (Å²) in [6.45, 7) is 2.84. The van der Waals surface area contributed by atoms with E-state index in [9.17, 15) is 14.3 Å². The maximum atomic E-state index is 16.7. The van der Waals surface area contributed by atoms with Crippen LogP contribution in [0.4, 0.5) is 23.4 Å². The summed E-state index contributed by atoms with van der Waals surface area (Å²) in [5.41, 5.74) is -2.21. The van der Waals surface area contributed by atoms with Gasteiger partial charge >= 0.3 is 6.01 Å². The Kier molecular flexibility index (Phi) is 8.57. The Morgan fingerprint density at radius 1 is 1.11 bits per heavy atom. The Labute approximate surface area is 274 Å². The van der Waals surface area contributed by atoms with E-state index in [1.54, 1.807) is 0 Å². The quantitative estimate of drug-likeness (QED) is 0.319. The summed E-state index contributed by atoms with van der Waals surface area (Å²) in [7, 11) is 0. The third-order valence-electron chi connectivity index (χ3n) is 10.2. The monoisotopic (exact) mass is 676 g/mol. The molecule has 1 aromatic carbocycles. The molecule has 5 aliphatic rings. The molecule has 3 aromatic rings. The third-order valence-corrected chi connectivity index (χ3v) is 10.5. The number of nitrogens with zero attached hydrogens (tertiary/aromatic N) is 5. The SMILES string of the molecule is O=C1CCCC(F)(F)c2c(Cl)cc(O)cc2-c2ncc3c(nc(OCC45CCCN4CC(F)C5)nc3c2F)N2CCCC(CCN1)C2. The molecule has 3 atom stereocenters. The highest BCUT2D eigenvalue weighted by atomic mass is 35.5. The van der Waals surface area contributed by atoms with Gasteiger partial charge in [-0.3, -0.25) is 14.7 Å². The first-order valence-corrected chi connectivity index (χ1v) is 16.7. The number of hydrogen-bond acceptors (Lipinski definition) is 8. The number of phenolic OH excluding ortho intramolecular Hbond substituents is 1. The van der Waals surface area contributed by atoms with E-state index in [0.29, 0.717) is 44.8 Å². The summed E-state index contributed by atoms with van der Waals surface area (Å²) in [4.78, 5) is 30.1. The number of ether oxygens (including phenoxy) is 1. The molecule has 0 saturated carbocycles. The summed E-state index contributed by atoms with van der Waals surface area (Å²) >= 11 is 6.29. The molecule has 0 spiro atoms. The summed E-state index contributed by atoms with van der Waals surface area (Å²) in [6.07, 6.45) is 3.86. The van der Waals surface area contributed by atoms with Crippen LogP contribution in [0.5, 0.6) is 11.8 Å². The fraction of sp³-hybridized carbons (Fsp3) is 0.576. The Balaban J connectivity index is 1.37. The summed E-state index contributed by atoms with van der Waals surface area (Å²) in [5, 5.41) is 13.0. The zero-order valence-electron chi connectivity index (χ0n) is 25.9. The van der Waals surface area contributed by atoms with Crippen LogP contribution in [-0.2, 0) is 10.7 Å². The lowest BCUT2D eigenvalue weighted by molar-refractivity contribution is -0.121. The molecule has 252 valence electrons. The van der Waals surface area contributed by atoms with Crippen LogP contribution in [0.25, 0.3) is 22.2 Å². The van der Waals surface area contributed by atoms with Gasteiger partial charge in [0.2, 0.25) is 5.91 Å². The molecule has 2 aromatic heterocycles. The Morgan fingerprint density at radius 2 is 1.96 bits per heavy atom. The smallest absolute Gasteiger partial charge is 0.319 e. The fourth-order valence-corrected chi connectivity index (χ4v) is 8.26. The van der Waals surface area contributed by atoms with E-state index >= 15 is 13.2 Å². The van der Waals surface area contributed by atoms with Crippen LogP contribution in [-0.4, -0.2) is 81.9 Å². The van der Waals surface area contributed by atoms with Crippen LogP contribution in [0.3, 0.4) is 0 Å². The molecular formula is C33H37ClF4N6O3. The number of hydrogen-bond donors (Lipinski definition) is 2. The number of carbonyl (C=O) groups excluding carboxylic acids is 1. The van der Waals surface area contributed by atoms with E-state index in [4.69, 9.17) is 21.3 Å². The first-order chi connectivity index (χ1) is 22.5. The van der Waals surface area contributed by atoms with Crippen molar-refractivity contribution in [2.45, 2.75) is 75.4 Å². The van der Waals surface area contributed by atoms with Crippen LogP contribution in [0, 0.1) is 11.7 Å². The van der Waals surface area contributed by atoms with Gasteiger partial charge in [-0.05, 0) is 63.1 Å². The maximum Gasteiger partial charge on any atom is 0.319 e. The molecule has 47 heavy (non-hydrogen) atoms. The van der Waals surface area contributed by atoms with Gasteiger partial charge in [-0.15, -0.1) is 0 Å². The minimum atomic E-state index is -3.58. The number of alkyl halides is 3. The van der Waals surface area contributed by atoms with Crippen LogP contribution >= 0.6 is 11.6 Å². The van der Waals surface area contributed by atoms with Gasteiger partial charge in [-0.1, -0.05) is 11.6 Å². The van der Waals surface area contributed by atoms with Crippen LogP contribution < -0.4 is 15.0 Å². The number of nitrogens with one attached hydrogen (secondary N) is 1. The van der Waals surface area contributed by atoms with E-state index < -0.39 is 51.9 Å². The number of aromatic hydroxyl groups is 1. The van der Waals surface area contributed by atoms with Crippen molar-refractivity contribution in [1.29, 1.82) is 0 Å². The zero-order chi connectivity index (χ0) is 32.9. The number of piperidine rings is 1. The number of halogens is 5. The molecule has 3 saturated heterocycles. The van der Waals surface area contributed by atoms with Gasteiger partial charge in [-0.2, -0.15) is 9.97 Å². The van der Waals surface area contributed by atoms with E-state index in [1.165, 1.54) is 6.20 Å². The number of fused-ring (bicyclic) bond motifs is 9. The highest BCUT2D eigenvalue weighted by Crippen LogP contribution is 2.46. The lowest BCUT2D eigenvalue weighted by Gasteiger charge is -2.34. The predicted octanol–water partition coefficient (Wildman–Crippen LogP) is 6.14. The molecule has 0 radical (unpaired) electrons. The second-order valence-electron chi connectivity index (χ2n) is 13.4. The number of benzene rings is 1. The molecule has 0 aliphatic carbocycles. The average Bonchev–Trinajstić information content (AvgIpc) is 3.55. The molecule has 14 heteroatoms.